The van der Waals surface area contributed by atoms with Crippen LogP contribution in [0.15, 0.2) is 18.2 Å². The van der Waals surface area contributed by atoms with Gasteiger partial charge in [-0.15, -0.1) is 0 Å². The molecule has 5 heteroatoms. The van der Waals surface area contributed by atoms with E-state index in [1.165, 1.54) is 17.7 Å². The molecule has 0 aromatic heterocycles. The number of anilines is 1. The highest BCUT2D eigenvalue weighted by Gasteiger charge is 2.13. The second-order valence-electron chi connectivity index (χ2n) is 5.40. The quantitative estimate of drug-likeness (QED) is 0.776. The lowest BCUT2D eigenvalue weighted by molar-refractivity contribution is 0.220. The van der Waals surface area contributed by atoms with E-state index in [-0.39, 0.29) is 18.7 Å². The Morgan fingerprint density at radius 2 is 2.30 bits per heavy atom. The minimum absolute atomic E-state index is 0.0569. The second-order valence-corrected chi connectivity index (χ2v) is 5.40. The molecule has 1 heterocycles. The molecular formula is C15H23N3O2. The van der Waals surface area contributed by atoms with Crippen LogP contribution >= 0.6 is 0 Å². The summed E-state index contributed by atoms with van der Waals surface area (Å²) in [7, 11) is 2.11. The maximum Gasteiger partial charge on any atom is 0.315 e. The maximum absolute atomic E-state index is 11.6. The number of carbonyl (C=O) groups is 1. The number of benzene rings is 1. The molecule has 1 aromatic rings. The lowest BCUT2D eigenvalue weighted by Crippen LogP contribution is -2.41. The van der Waals surface area contributed by atoms with Crippen LogP contribution < -0.4 is 15.5 Å². The fourth-order valence-electron chi connectivity index (χ4n) is 2.45. The molecule has 1 atom stereocenters. The van der Waals surface area contributed by atoms with Crippen LogP contribution in [0.2, 0.25) is 0 Å². The number of urea groups is 1. The van der Waals surface area contributed by atoms with Gasteiger partial charge in [0.15, 0.2) is 0 Å². The van der Waals surface area contributed by atoms with Crippen molar-refractivity contribution in [2.24, 2.45) is 0 Å². The number of amides is 2. The number of aliphatic hydroxyl groups excluding tert-OH is 1. The average Bonchev–Trinajstić information content (AvgIpc) is 2.45. The SMILES string of the molecule is C[C@@H](CO)NC(=O)NCc1ccc2c(c1)CCCN2C. The third kappa shape index (κ3) is 3.63. The molecule has 2 rings (SSSR count). The summed E-state index contributed by atoms with van der Waals surface area (Å²) in [6.45, 7) is 3.31. The van der Waals surface area contributed by atoms with Gasteiger partial charge in [0.25, 0.3) is 0 Å². The zero-order valence-corrected chi connectivity index (χ0v) is 12.1. The van der Waals surface area contributed by atoms with Crippen LogP contribution in [0.25, 0.3) is 0 Å². The molecular weight excluding hydrogens is 254 g/mol. The summed E-state index contributed by atoms with van der Waals surface area (Å²) in [5.74, 6) is 0. The zero-order valence-electron chi connectivity index (χ0n) is 12.1. The molecule has 0 bridgehead atoms. The Labute approximate surface area is 120 Å². The van der Waals surface area contributed by atoms with Crippen molar-refractivity contribution in [3.8, 4) is 0 Å². The first kappa shape index (κ1) is 14.7. The minimum Gasteiger partial charge on any atom is -0.394 e. The zero-order chi connectivity index (χ0) is 14.5. The Balaban J connectivity index is 1.92. The molecule has 0 spiro atoms. The van der Waals surface area contributed by atoms with Crippen molar-refractivity contribution in [3.63, 3.8) is 0 Å². The number of aliphatic hydroxyl groups is 1. The molecule has 1 aromatic carbocycles. The van der Waals surface area contributed by atoms with E-state index < -0.39 is 0 Å². The highest BCUT2D eigenvalue weighted by Crippen LogP contribution is 2.26. The fourth-order valence-corrected chi connectivity index (χ4v) is 2.45. The number of nitrogens with one attached hydrogen (secondary N) is 2. The van der Waals surface area contributed by atoms with Gasteiger partial charge >= 0.3 is 6.03 Å². The number of hydrogen-bond donors (Lipinski definition) is 3. The van der Waals surface area contributed by atoms with Crippen LogP contribution in [0.5, 0.6) is 0 Å². The smallest absolute Gasteiger partial charge is 0.315 e. The van der Waals surface area contributed by atoms with E-state index in [0.717, 1.165) is 18.5 Å². The molecule has 110 valence electrons. The van der Waals surface area contributed by atoms with Crippen molar-refractivity contribution in [1.82, 2.24) is 10.6 Å². The molecule has 5 nitrogen and oxygen atoms in total. The van der Waals surface area contributed by atoms with E-state index in [1.807, 2.05) is 0 Å². The van der Waals surface area contributed by atoms with Gasteiger partial charge in [-0.25, -0.2) is 4.79 Å². The molecule has 0 saturated heterocycles. The number of nitrogens with zero attached hydrogens (tertiary/aromatic N) is 1. The Morgan fingerprint density at radius 3 is 3.05 bits per heavy atom. The second kappa shape index (κ2) is 6.61. The highest BCUT2D eigenvalue weighted by molar-refractivity contribution is 5.74. The van der Waals surface area contributed by atoms with Crippen LogP contribution in [0.4, 0.5) is 10.5 Å². The van der Waals surface area contributed by atoms with Gasteiger partial charge in [-0.2, -0.15) is 0 Å². The normalized spacial score (nSPS) is 15.4. The van der Waals surface area contributed by atoms with Crippen molar-refractivity contribution >= 4 is 11.7 Å². The third-order valence-corrected chi connectivity index (χ3v) is 3.60. The predicted molar refractivity (Wildman–Crippen MR) is 80.0 cm³/mol. The summed E-state index contributed by atoms with van der Waals surface area (Å²) in [6.07, 6.45) is 2.27. The number of aryl methyl sites for hydroxylation is 1. The van der Waals surface area contributed by atoms with Crippen molar-refractivity contribution in [3.05, 3.63) is 29.3 Å². The van der Waals surface area contributed by atoms with Gasteiger partial charge in [-0.3, -0.25) is 0 Å². The van der Waals surface area contributed by atoms with Crippen LogP contribution in [-0.2, 0) is 13.0 Å². The first-order valence-electron chi connectivity index (χ1n) is 7.08. The molecule has 1 aliphatic heterocycles. The van der Waals surface area contributed by atoms with E-state index in [4.69, 9.17) is 5.11 Å². The van der Waals surface area contributed by atoms with Crippen LogP contribution in [-0.4, -0.2) is 37.4 Å². The molecule has 0 fully saturated rings. The molecule has 2 amide bonds. The molecule has 20 heavy (non-hydrogen) atoms. The minimum atomic E-state index is -0.249. The molecule has 3 N–H and O–H groups in total. The molecule has 0 aliphatic carbocycles. The molecule has 1 aliphatic rings. The number of fused-ring (bicyclic) bond motifs is 1. The topological polar surface area (TPSA) is 64.6 Å². The Hall–Kier alpha value is -1.75. The number of carbonyl (C=O) groups excluding carboxylic acids is 1. The lowest BCUT2D eigenvalue weighted by Gasteiger charge is -2.27. The fraction of sp³-hybridized carbons (Fsp3) is 0.533. The van der Waals surface area contributed by atoms with Gasteiger partial charge in [-0.1, -0.05) is 12.1 Å². The van der Waals surface area contributed by atoms with Crippen LogP contribution in [0.3, 0.4) is 0 Å². The van der Waals surface area contributed by atoms with Crippen molar-refractivity contribution < 1.29 is 9.90 Å². The summed E-state index contributed by atoms with van der Waals surface area (Å²) in [5, 5.41) is 14.3. The third-order valence-electron chi connectivity index (χ3n) is 3.60. The van der Waals surface area contributed by atoms with E-state index >= 15 is 0 Å². The van der Waals surface area contributed by atoms with Crippen molar-refractivity contribution in [2.75, 3.05) is 25.1 Å². The monoisotopic (exact) mass is 277 g/mol. The standard InChI is InChI=1S/C15H23N3O2/c1-11(10-19)17-15(20)16-9-12-5-6-14-13(8-12)4-3-7-18(14)2/h5-6,8,11,19H,3-4,7,9-10H2,1-2H3,(H2,16,17,20)/t11-/m0/s1. The molecule has 0 saturated carbocycles. The lowest BCUT2D eigenvalue weighted by atomic mass is 9.99. The molecule has 0 radical (unpaired) electrons. The number of hydrogen-bond acceptors (Lipinski definition) is 3. The van der Waals surface area contributed by atoms with Crippen molar-refractivity contribution in [1.29, 1.82) is 0 Å². The summed E-state index contributed by atoms with van der Waals surface area (Å²) in [4.78, 5) is 13.9. The Morgan fingerprint density at radius 1 is 1.50 bits per heavy atom. The first-order chi connectivity index (χ1) is 9.60. The van der Waals surface area contributed by atoms with Gasteiger partial charge in [0.2, 0.25) is 0 Å². The van der Waals surface area contributed by atoms with E-state index in [0.29, 0.717) is 6.54 Å². The van der Waals surface area contributed by atoms with Gasteiger partial charge < -0.3 is 20.6 Å². The summed E-state index contributed by atoms with van der Waals surface area (Å²) >= 11 is 0. The maximum atomic E-state index is 11.6. The first-order valence-corrected chi connectivity index (χ1v) is 7.08. The van der Waals surface area contributed by atoms with Gasteiger partial charge in [0, 0.05) is 25.8 Å². The Kier molecular flexibility index (Phi) is 4.84. The van der Waals surface area contributed by atoms with Gasteiger partial charge in [0.1, 0.15) is 0 Å². The number of rotatable bonds is 4. The van der Waals surface area contributed by atoms with Crippen LogP contribution in [0.1, 0.15) is 24.5 Å². The van der Waals surface area contributed by atoms with Crippen molar-refractivity contribution in [2.45, 2.75) is 32.4 Å². The van der Waals surface area contributed by atoms with Gasteiger partial charge in [0.05, 0.1) is 12.6 Å². The largest absolute Gasteiger partial charge is 0.394 e. The summed E-state index contributed by atoms with van der Waals surface area (Å²) < 4.78 is 0. The van der Waals surface area contributed by atoms with Gasteiger partial charge in [-0.05, 0) is 37.0 Å². The van der Waals surface area contributed by atoms with E-state index in [1.54, 1.807) is 6.92 Å². The Bertz CT molecular complexity index is 476. The van der Waals surface area contributed by atoms with E-state index in [9.17, 15) is 4.79 Å². The van der Waals surface area contributed by atoms with E-state index in [2.05, 4.69) is 40.8 Å². The summed E-state index contributed by atoms with van der Waals surface area (Å²) in [6, 6.07) is 5.87. The molecule has 0 unspecified atom stereocenters. The average molecular weight is 277 g/mol. The summed E-state index contributed by atoms with van der Waals surface area (Å²) in [5.41, 5.74) is 3.74. The predicted octanol–water partition coefficient (Wildman–Crippen LogP) is 1.25. The highest BCUT2D eigenvalue weighted by atomic mass is 16.3. The van der Waals surface area contributed by atoms with Crippen LogP contribution in [0, 0.1) is 0 Å².